The van der Waals surface area contributed by atoms with E-state index in [0.29, 0.717) is 0 Å². The van der Waals surface area contributed by atoms with Gasteiger partial charge >= 0.3 is 6.09 Å². The fourth-order valence-electron chi connectivity index (χ4n) is 1.01. The molecule has 0 heterocycles. The highest BCUT2D eigenvalue weighted by molar-refractivity contribution is 7.79. The van der Waals surface area contributed by atoms with Crippen molar-refractivity contribution in [2.75, 3.05) is 6.54 Å². The topological polar surface area (TPSA) is 64.3 Å². The third-order valence-electron chi connectivity index (χ3n) is 1.83. The zero-order valence-electron chi connectivity index (χ0n) is 8.68. The van der Waals surface area contributed by atoms with Crippen LogP contribution in [0.3, 0.4) is 0 Å². The maximum absolute atomic E-state index is 11.2. The van der Waals surface area contributed by atoms with Crippen molar-refractivity contribution < 1.29 is 9.53 Å². The van der Waals surface area contributed by atoms with Crippen LogP contribution in [0.2, 0.25) is 0 Å². The van der Waals surface area contributed by atoms with Gasteiger partial charge in [-0.05, 0) is 5.56 Å². The van der Waals surface area contributed by atoms with Gasteiger partial charge in [-0.3, -0.25) is 0 Å². The van der Waals surface area contributed by atoms with Gasteiger partial charge in [0, 0.05) is 11.9 Å². The minimum atomic E-state index is -0.510. The summed E-state index contributed by atoms with van der Waals surface area (Å²) in [6, 6.07) is 8.98. The van der Waals surface area contributed by atoms with Crippen LogP contribution >= 0.6 is 12.2 Å². The van der Waals surface area contributed by atoms with Crippen molar-refractivity contribution in [3.05, 3.63) is 35.9 Å². The van der Waals surface area contributed by atoms with Gasteiger partial charge in [0.25, 0.3) is 0 Å². The average molecular weight is 237 g/mol. The largest absolute Gasteiger partial charge is 0.445 e. The van der Waals surface area contributed by atoms with Crippen molar-refractivity contribution in [3.8, 4) is 0 Å². The number of carbonyl (C=O) groups is 1. The van der Waals surface area contributed by atoms with E-state index in [1.54, 1.807) is 0 Å². The van der Waals surface area contributed by atoms with Crippen molar-refractivity contribution in [1.82, 2.24) is 5.32 Å². The van der Waals surface area contributed by atoms with Gasteiger partial charge in [0.05, 0.1) is 6.04 Å². The first-order chi connectivity index (χ1) is 7.72. The van der Waals surface area contributed by atoms with E-state index < -0.39 is 12.1 Å². The number of alkyl carbamates (subject to hydrolysis) is 1. The number of amides is 1. The summed E-state index contributed by atoms with van der Waals surface area (Å²) < 4.78 is 4.96. The fraction of sp³-hybridized carbons (Fsp3) is 0.273. The van der Waals surface area contributed by atoms with Crippen LogP contribution in [0, 0.1) is 0 Å². The molecule has 0 fully saturated rings. The molecule has 0 aromatic heterocycles. The standard InChI is InChI=1S/C11H13N2O2S/c12-10(8-16)6-13-11(14)15-7-9-4-2-1-3-5-9/h1-5,10H,6-7,12H2,(H,13,14). The molecule has 1 radical (unpaired) electrons. The van der Waals surface area contributed by atoms with E-state index in [0.717, 1.165) is 5.56 Å². The van der Waals surface area contributed by atoms with Crippen LogP contribution < -0.4 is 11.1 Å². The van der Waals surface area contributed by atoms with E-state index in [9.17, 15) is 4.79 Å². The van der Waals surface area contributed by atoms with E-state index >= 15 is 0 Å². The van der Waals surface area contributed by atoms with E-state index in [1.807, 2.05) is 30.3 Å². The van der Waals surface area contributed by atoms with Crippen molar-refractivity contribution in [2.45, 2.75) is 12.6 Å². The van der Waals surface area contributed by atoms with Crippen LogP contribution in [0.25, 0.3) is 0 Å². The second kappa shape index (κ2) is 6.92. The van der Waals surface area contributed by atoms with Crippen LogP contribution in [0.5, 0.6) is 0 Å². The van der Waals surface area contributed by atoms with Gasteiger partial charge in [-0.25, -0.2) is 4.79 Å². The number of thiocarbonyl (C=S) groups is 1. The first-order valence-corrected chi connectivity index (χ1v) is 5.21. The molecule has 0 saturated heterocycles. The number of nitrogens with one attached hydrogen (secondary N) is 1. The summed E-state index contributed by atoms with van der Waals surface area (Å²) in [7, 11) is 0. The highest BCUT2D eigenvalue weighted by Gasteiger charge is 2.04. The Morgan fingerprint density at radius 3 is 2.81 bits per heavy atom. The number of rotatable bonds is 5. The maximum atomic E-state index is 11.2. The van der Waals surface area contributed by atoms with Crippen LogP contribution in [0.1, 0.15) is 5.56 Å². The van der Waals surface area contributed by atoms with E-state index in [1.165, 1.54) is 0 Å². The molecule has 85 valence electrons. The van der Waals surface area contributed by atoms with Crippen LogP contribution in [0.4, 0.5) is 4.79 Å². The third kappa shape index (κ3) is 4.86. The first kappa shape index (κ1) is 12.6. The molecule has 0 bridgehead atoms. The quantitative estimate of drug-likeness (QED) is 0.753. The van der Waals surface area contributed by atoms with Crippen LogP contribution in [0.15, 0.2) is 30.3 Å². The Morgan fingerprint density at radius 1 is 1.50 bits per heavy atom. The normalized spacial score (nSPS) is 11.6. The Hall–Kier alpha value is -1.46. The molecule has 3 N–H and O–H groups in total. The molecular weight excluding hydrogens is 224 g/mol. The van der Waals surface area contributed by atoms with Crippen LogP contribution in [-0.2, 0) is 11.3 Å². The predicted octanol–water partition coefficient (Wildman–Crippen LogP) is 1.12. The minimum Gasteiger partial charge on any atom is -0.445 e. The van der Waals surface area contributed by atoms with Gasteiger partial charge < -0.3 is 15.8 Å². The summed E-state index contributed by atoms with van der Waals surface area (Å²) in [4.78, 5) is 11.2. The Balaban J connectivity index is 2.23. The summed E-state index contributed by atoms with van der Waals surface area (Å²) in [6.07, 6.45) is -0.510. The molecule has 1 unspecified atom stereocenters. The number of benzene rings is 1. The summed E-state index contributed by atoms with van der Waals surface area (Å²) in [5.41, 5.74) is 6.38. The summed E-state index contributed by atoms with van der Waals surface area (Å²) >= 11 is 4.50. The molecule has 16 heavy (non-hydrogen) atoms. The molecule has 1 aromatic rings. The molecule has 0 saturated carbocycles. The molecule has 1 aromatic carbocycles. The predicted molar refractivity (Wildman–Crippen MR) is 65.2 cm³/mol. The summed E-state index contributed by atoms with van der Waals surface area (Å²) in [5.74, 6) is 0. The Bertz CT molecular complexity index is 343. The summed E-state index contributed by atoms with van der Waals surface area (Å²) in [5, 5.41) is 4.87. The fourth-order valence-corrected chi connectivity index (χ4v) is 1.09. The van der Waals surface area contributed by atoms with E-state index in [4.69, 9.17) is 10.5 Å². The van der Waals surface area contributed by atoms with E-state index in [2.05, 4.69) is 22.9 Å². The van der Waals surface area contributed by atoms with Gasteiger partial charge in [0.2, 0.25) is 0 Å². The minimum absolute atomic E-state index is 0.233. The van der Waals surface area contributed by atoms with Crippen LogP contribution in [-0.4, -0.2) is 24.0 Å². The molecule has 0 aliphatic rings. The Kier molecular flexibility index (Phi) is 5.45. The van der Waals surface area contributed by atoms with Gasteiger partial charge in [-0.1, -0.05) is 42.5 Å². The molecule has 0 aliphatic heterocycles. The molecule has 0 aliphatic carbocycles. The highest BCUT2D eigenvalue weighted by Crippen LogP contribution is 2.00. The first-order valence-electron chi connectivity index (χ1n) is 4.80. The number of carbonyl (C=O) groups excluding carboxylic acids is 1. The monoisotopic (exact) mass is 237 g/mol. The molecule has 1 amide bonds. The van der Waals surface area contributed by atoms with Gasteiger partial charge in [-0.15, -0.1) is 0 Å². The Morgan fingerprint density at radius 2 is 2.19 bits per heavy atom. The molecule has 4 nitrogen and oxygen atoms in total. The summed E-state index contributed by atoms with van der Waals surface area (Å²) in [6.45, 7) is 0.473. The Labute approximate surface area is 99.8 Å². The second-order valence-electron chi connectivity index (χ2n) is 3.17. The van der Waals surface area contributed by atoms with Gasteiger partial charge in [0.1, 0.15) is 6.61 Å². The number of nitrogens with two attached hydrogens (primary N) is 1. The number of hydrogen-bond acceptors (Lipinski definition) is 4. The lowest BCUT2D eigenvalue weighted by atomic mass is 10.2. The number of hydrogen-bond donors (Lipinski definition) is 2. The highest BCUT2D eigenvalue weighted by atomic mass is 32.1. The molecule has 1 atom stereocenters. The van der Waals surface area contributed by atoms with Gasteiger partial charge in [0.15, 0.2) is 0 Å². The zero-order chi connectivity index (χ0) is 11.8. The second-order valence-corrected chi connectivity index (χ2v) is 3.40. The number of ether oxygens (including phenoxy) is 1. The lowest BCUT2D eigenvalue weighted by Gasteiger charge is -2.08. The zero-order valence-corrected chi connectivity index (χ0v) is 9.50. The molecule has 5 heteroatoms. The average Bonchev–Trinajstić information content (AvgIpc) is 2.34. The molecule has 0 spiro atoms. The lowest BCUT2D eigenvalue weighted by molar-refractivity contribution is 0.139. The van der Waals surface area contributed by atoms with Crippen molar-refractivity contribution in [1.29, 1.82) is 0 Å². The van der Waals surface area contributed by atoms with Crippen molar-refractivity contribution in [2.24, 2.45) is 5.73 Å². The third-order valence-corrected chi connectivity index (χ3v) is 2.13. The van der Waals surface area contributed by atoms with Gasteiger partial charge in [-0.2, -0.15) is 0 Å². The SMILES string of the molecule is NC([C]=S)CNC(=O)OCc1ccccc1. The lowest BCUT2D eigenvalue weighted by Crippen LogP contribution is -2.37. The molecular formula is C11H13N2O2S. The maximum Gasteiger partial charge on any atom is 0.407 e. The smallest absolute Gasteiger partial charge is 0.407 e. The van der Waals surface area contributed by atoms with Crippen molar-refractivity contribution in [3.63, 3.8) is 0 Å². The molecule has 1 rings (SSSR count). The van der Waals surface area contributed by atoms with E-state index in [-0.39, 0.29) is 13.2 Å². The van der Waals surface area contributed by atoms with Crippen molar-refractivity contribution >= 4 is 23.7 Å².